The molecule has 0 bridgehead atoms. The molecular formula is C9H13ClN4O. The molecule has 1 aromatic heterocycles. The van der Waals surface area contributed by atoms with Crippen LogP contribution in [0.1, 0.15) is 6.92 Å². The number of rotatable bonds is 3. The Morgan fingerprint density at radius 3 is 2.60 bits per heavy atom. The van der Waals surface area contributed by atoms with E-state index >= 15 is 0 Å². The molecule has 1 atom stereocenters. The molecule has 0 aliphatic carbocycles. The summed E-state index contributed by atoms with van der Waals surface area (Å²) in [5.41, 5.74) is 0. The molecule has 0 aliphatic rings. The second-order valence-electron chi connectivity index (χ2n) is 3.34. The first-order valence-corrected chi connectivity index (χ1v) is 4.85. The van der Waals surface area contributed by atoms with Crippen LogP contribution >= 0.6 is 11.6 Å². The molecule has 1 unspecified atom stereocenters. The number of nitrogens with zero attached hydrogens (tertiary/aromatic N) is 3. The third-order valence-corrected chi connectivity index (χ3v) is 2.01. The molecule has 0 spiro atoms. The molecule has 1 rings (SSSR count). The summed E-state index contributed by atoms with van der Waals surface area (Å²) in [6, 6.07) is 2.95. The van der Waals surface area contributed by atoms with Gasteiger partial charge in [0.2, 0.25) is 5.91 Å². The van der Waals surface area contributed by atoms with Crippen LogP contribution in [0.3, 0.4) is 0 Å². The summed E-state index contributed by atoms with van der Waals surface area (Å²) in [6.07, 6.45) is 0. The van der Waals surface area contributed by atoms with Crippen molar-refractivity contribution in [2.24, 2.45) is 0 Å². The highest BCUT2D eigenvalue weighted by Crippen LogP contribution is 2.07. The molecule has 1 amide bonds. The van der Waals surface area contributed by atoms with Crippen LogP contribution in [0.15, 0.2) is 12.1 Å². The van der Waals surface area contributed by atoms with Gasteiger partial charge in [0, 0.05) is 14.1 Å². The minimum Gasteiger partial charge on any atom is -0.357 e. The van der Waals surface area contributed by atoms with Gasteiger partial charge in [-0.3, -0.25) is 4.79 Å². The Morgan fingerprint density at radius 2 is 2.13 bits per heavy atom. The zero-order valence-electron chi connectivity index (χ0n) is 8.86. The quantitative estimate of drug-likeness (QED) is 0.839. The Morgan fingerprint density at radius 1 is 1.47 bits per heavy atom. The summed E-state index contributed by atoms with van der Waals surface area (Å²) in [4.78, 5) is 13.0. The first kappa shape index (κ1) is 11.7. The number of aromatic nitrogens is 2. The number of likely N-dealkylation sites (N-methyl/N-ethyl adjacent to an activating group) is 1. The third kappa shape index (κ3) is 3.36. The van der Waals surface area contributed by atoms with Crippen molar-refractivity contribution in [3.8, 4) is 0 Å². The summed E-state index contributed by atoms with van der Waals surface area (Å²) in [5.74, 6) is 0.508. The van der Waals surface area contributed by atoms with E-state index in [-0.39, 0.29) is 11.9 Å². The van der Waals surface area contributed by atoms with Crippen molar-refractivity contribution in [1.82, 2.24) is 15.1 Å². The SMILES string of the molecule is CC(Nc1ccc(Cl)nn1)C(=O)N(C)C. The number of hydrogen-bond donors (Lipinski definition) is 1. The molecule has 82 valence electrons. The zero-order chi connectivity index (χ0) is 11.4. The largest absolute Gasteiger partial charge is 0.357 e. The molecule has 1 aromatic rings. The first-order chi connectivity index (χ1) is 7.00. The van der Waals surface area contributed by atoms with Crippen LogP contribution in [0.2, 0.25) is 5.15 Å². The van der Waals surface area contributed by atoms with Crippen molar-refractivity contribution in [2.75, 3.05) is 19.4 Å². The molecular weight excluding hydrogens is 216 g/mol. The van der Waals surface area contributed by atoms with E-state index in [9.17, 15) is 4.79 Å². The van der Waals surface area contributed by atoms with E-state index in [0.29, 0.717) is 11.0 Å². The lowest BCUT2D eigenvalue weighted by Gasteiger charge is -2.17. The second-order valence-corrected chi connectivity index (χ2v) is 3.73. The maximum absolute atomic E-state index is 11.5. The van der Waals surface area contributed by atoms with Crippen molar-refractivity contribution < 1.29 is 4.79 Å². The molecule has 0 aliphatic heterocycles. The van der Waals surface area contributed by atoms with Gasteiger partial charge < -0.3 is 10.2 Å². The second kappa shape index (κ2) is 4.93. The fraction of sp³-hybridized carbons (Fsp3) is 0.444. The highest BCUT2D eigenvalue weighted by atomic mass is 35.5. The Bertz CT molecular complexity index is 338. The fourth-order valence-corrected chi connectivity index (χ4v) is 1.16. The Labute approximate surface area is 93.4 Å². The average Bonchev–Trinajstić information content (AvgIpc) is 2.20. The molecule has 0 saturated carbocycles. The normalized spacial score (nSPS) is 12.0. The third-order valence-electron chi connectivity index (χ3n) is 1.81. The van der Waals surface area contributed by atoms with Gasteiger partial charge in [0.05, 0.1) is 0 Å². The highest BCUT2D eigenvalue weighted by Gasteiger charge is 2.14. The van der Waals surface area contributed by atoms with Gasteiger partial charge in [-0.1, -0.05) is 11.6 Å². The maximum Gasteiger partial charge on any atom is 0.244 e. The topological polar surface area (TPSA) is 58.1 Å². The molecule has 0 radical (unpaired) electrons. The molecule has 15 heavy (non-hydrogen) atoms. The minimum atomic E-state index is -0.338. The first-order valence-electron chi connectivity index (χ1n) is 4.47. The number of anilines is 1. The van der Waals surface area contributed by atoms with E-state index in [1.54, 1.807) is 33.2 Å². The molecule has 6 heteroatoms. The van der Waals surface area contributed by atoms with Crippen molar-refractivity contribution in [2.45, 2.75) is 13.0 Å². The van der Waals surface area contributed by atoms with Gasteiger partial charge in [-0.15, -0.1) is 10.2 Å². The summed E-state index contributed by atoms with van der Waals surface area (Å²) in [6.45, 7) is 1.76. The van der Waals surface area contributed by atoms with Crippen molar-refractivity contribution in [3.05, 3.63) is 17.3 Å². The smallest absolute Gasteiger partial charge is 0.244 e. The Balaban J connectivity index is 2.62. The van der Waals surface area contributed by atoms with Crippen LogP contribution in [0.4, 0.5) is 5.82 Å². The molecule has 1 N–H and O–H groups in total. The van der Waals surface area contributed by atoms with Crippen molar-refractivity contribution >= 4 is 23.3 Å². The van der Waals surface area contributed by atoms with Gasteiger partial charge in [0.15, 0.2) is 5.15 Å². The summed E-state index contributed by atoms with van der Waals surface area (Å²) in [7, 11) is 3.40. The predicted octanol–water partition coefficient (Wildman–Crippen LogP) is 1.02. The van der Waals surface area contributed by atoms with E-state index in [1.807, 2.05) is 0 Å². The zero-order valence-corrected chi connectivity index (χ0v) is 9.62. The van der Waals surface area contributed by atoms with Crippen LogP contribution in [-0.2, 0) is 4.79 Å². The molecule has 0 fully saturated rings. The molecule has 0 aromatic carbocycles. The van der Waals surface area contributed by atoms with Crippen molar-refractivity contribution in [3.63, 3.8) is 0 Å². The number of halogens is 1. The fourth-order valence-electron chi connectivity index (χ4n) is 1.06. The Kier molecular flexibility index (Phi) is 3.85. The highest BCUT2D eigenvalue weighted by molar-refractivity contribution is 6.29. The van der Waals surface area contributed by atoms with Crippen LogP contribution in [-0.4, -0.2) is 41.1 Å². The average molecular weight is 229 g/mol. The van der Waals surface area contributed by atoms with Crippen molar-refractivity contribution in [1.29, 1.82) is 0 Å². The van der Waals surface area contributed by atoms with Gasteiger partial charge in [0.25, 0.3) is 0 Å². The van der Waals surface area contributed by atoms with Gasteiger partial charge in [-0.25, -0.2) is 0 Å². The summed E-state index contributed by atoms with van der Waals surface area (Å²) in [5, 5.41) is 10.7. The number of carbonyl (C=O) groups excluding carboxylic acids is 1. The van der Waals surface area contributed by atoms with Crippen LogP contribution < -0.4 is 5.32 Å². The molecule has 5 nitrogen and oxygen atoms in total. The predicted molar refractivity (Wildman–Crippen MR) is 58.8 cm³/mol. The number of carbonyl (C=O) groups is 1. The lowest BCUT2D eigenvalue weighted by Crippen LogP contribution is -2.36. The lowest BCUT2D eigenvalue weighted by molar-refractivity contribution is -0.129. The Hall–Kier alpha value is -1.36. The summed E-state index contributed by atoms with van der Waals surface area (Å²) >= 11 is 5.58. The minimum absolute atomic E-state index is 0.0215. The van der Waals surface area contributed by atoms with Gasteiger partial charge in [-0.2, -0.15) is 0 Å². The van der Waals surface area contributed by atoms with E-state index in [4.69, 9.17) is 11.6 Å². The van der Waals surface area contributed by atoms with E-state index in [2.05, 4.69) is 15.5 Å². The van der Waals surface area contributed by atoms with Crippen LogP contribution in [0.5, 0.6) is 0 Å². The standard InChI is InChI=1S/C9H13ClN4O/c1-6(9(15)14(2)3)11-8-5-4-7(10)12-13-8/h4-6H,1-3H3,(H,11,13). The maximum atomic E-state index is 11.5. The van der Waals surface area contributed by atoms with Crippen LogP contribution in [0, 0.1) is 0 Å². The molecule has 1 heterocycles. The van der Waals surface area contributed by atoms with Gasteiger partial charge >= 0.3 is 0 Å². The van der Waals surface area contributed by atoms with Crippen LogP contribution in [0.25, 0.3) is 0 Å². The lowest BCUT2D eigenvalue weighted by atomic mass is 10.3. The van der Waals surface area contributed by atoms with Gasteiger partial charge in [-0.05, 0) is 19.1 Å². The molecule has 0 saturated heterocycles. The van der Waals surface area contributed by atoms with E-state index in [1.165, 1.54) is 4.90 Å². The number of nitrogens with one attached hydrogen (secondary N) is 1. The van der Waals surface area contributed by atoms with E-state index in [0.717, 1.165) is 0 Å². The monoisotopic (exact) mass is 228 g/mol. The van der Waals surface area contributed by atoms with Gasteiger partial charge in [0.1, 0.15) is 11.9 Å². The van der Waals surface area contributed by atoms with E-state index < -0.39 is 0 Å². The summed E-state index contributed by atoms with van der Waals surface area (Å²) < 4.78 is 0. The number of amides is 1. The number of hydrogen-bond acceptors (Lipinski definition) is 4.